The third kappa shape index (κ3) is 5.43. The quantitative estimate of drug-likeness (QED) is 0.661. The molecule has 0 spiro atoms. The monoisotopic (exact) mass is 418 g/mol. The minimum absolute atomic E-state index is 0. The Labute approximate surface area is 174 Å². The first kappa shape index (κ1) is 22.1. The predicted octanol–water partition coefficient (Wildman–Crippen LogP) is 0.884. The molecule has 1 aliphatic rings. The molecule has 1 aromatic heterocycles. The lowest BCUT2D eigenvalue weighted by atomic mass is 10.1. The Kier molecular flexibility index (Phi) is 7.52. The SMILES string of the molecule is CNC(=O)[C@@H]1C[C@H](n2cc(CN(C)C(=O)Nc3ccc(C#N)cc3)nn2)CN1.Cl. The summed E-state index contributed by atoms with van der Waals surface area (Å²) in [6, 6.07) is 8.19. The third-order valence-corrected chi connectivity index (χ3v) is 4.61. The molecule has 11 heteroatoms. The maximum atomic E-state index is 12.3. The first-order valence-corrected chi connectivity index (χ1v) is 8.88. The van der Waals surface area contributed by atoms with Crippen molar-refractivity contribution in [3.05, 3.63) is 41.7 Å². The van der Waals surface area contributed by atoms with Gasteiger partial charge < -0.3 is 20.9 Å². The van der Waals surface area contributed by atoms with Crippen molar-refractivity contribution in [1.82, 2.24) is 30.5 Å². The van der Waals surface area contributed by atoms with Crippen LogP contribution in [0.2, 0.25) is 0 Å². The van der Waals surface area contributed by atoms with Crippen LogP contribution >= 0.6 is 12.4 Å². The molecule has 0 aliphatic carbocycles. The van der Waals surface area contributed by atoms with Gasteiger partial charge in [0.1, 0.15) is 5.69 Å². The summed E-state index contributed by atoms with van der Waals surface area (Å²) in [5.74, 6) is -0.0398. The molecule has 29 heavy (non-hydrogen) atoms. The molecular weight excluding hydrogens is 396 g/mol. The smallest absolute Gasteiger partial charge is 0.321 e. The van der Waals surface area contributed by atoms with Crippen molar-refractivity contribution < 1.29 is 9.59 Å². The second-order valence-electron chi connectivity index (χ2n) is 6.63. The molecule has 1 fully saturated rings. The van der Waals surface area contributed by atoms with Crippen molar-refractivity contribution in [2.75, 3.05) is 26.0 Å². The van der Waals surface area contributed by atoms with E-state index in [0.29, 0.717) is 36.5 Å². The van der Waals surface area contributed by atoms with E-state index in [4.69, 9.17) is 5.26 Å². The topological polar surface area (TPSA) is 128 Å². The molecule has 0 bridgehead atoms. The summed E-state index contributed by atoms with van der Waals surface area (Å²) >= 11 is 0. The molecule has 0 saturated carbocycles. The fourth-order valence-corrected chi connectivity index (χ4v) is 3.02. The van der Waals surface area contributed by atoms with Crippen molar-refractivity contribution >= 4 is 30.0 Å². The number of carbonyl (C=O) groups excluding carboxylic acids is 2. The average molecular weight is 419 g/mol. The number of anilines is 1. The molecule has 3 amide bonds. The van der Waals surface area contributed by atoms with Gasteiger partial charge >= 0.3 is 6.03 Å². The molecule has 3 rings (SSSR count). The molecule has 2 aromatic rings. The predicted molar refractivity (Wildman–Crippen MR) is 108 cm³/mol. The van der Waals surface area contributed by atoms with Crippen LogP contribution in [0.15, 0.2) is 30.5 Å². The Morgan fingerprint density at radius 1 is 1.38 bits per heavy atom. The molecule has 154 valence electrons. The zero-order valence-corrected chi connectivity index (χ0v) is 16.9. The van der Waals surface area contributed by atoms with Gasteiger partial charge in [0.25, 0.3) is 0 Å². The van der Waals surface area contributed by atoms with Gasteiger partial charge in [-0.2, -0.15) is 5.26 Å². The Hall–Kier alpha value is -3.16. The van der Waals surface area contributed by atoms with Gasteiger partial charge in [-0.25, -0.2) is 9.48 Å². The summed E-state index contributed by atoms with van der Waals surface area (Å²) in [5.41, 5.74) is 1.79. The molecule has 10 nitrogen and oxygen atoms in total. The highest BCUT2D eigenvalue weighted by molar-refractivity contribution is 5.89. The van der Waals surface area contributed by atoms with E-state index in [1.165, 1.54) is 4.90 Å². The largest absolute Gasteiger partial charge is 0.358 e. The molecule has 2 heterocycles. The van der Waals surface area contributed by atoms with Crippen LogP contribution in [0.1, 0.15) is 23.7 Å². The van der Waals surface area contributed by atoms with Gasteiger partial charge in [-0.15, -0.1) is 17.5 Å². The summed E-state index contributed by atoms with van der Waals surface area (Å²) in [5, 5.41) is 25.7. The van der Waals surface area contributed by atoms with Crippen LogP contribution in [-0.2, 0) is 11.3 Å². The van der Waals surface area contributed by atoms with Crippen LogP contribution in [0.25, 0.3) is 0 Å². The summed E-state index contributed by atoms with van der Waals surface area (Å²) in [6.07, 6.45) is 2.43. The number of halogens is 1. The second-order valence-corrected chi connectivity index (χ2v) is 6.63. The fourth-order valence-electron chi connectivity index (χ4n) is 3.02. The van der Waals surface area contributed by atoms with Crippen LogP contribution in [0, 0.1) is 11.3 Å². The zero-order chi connectivity index (χ0) is 20.1. The number of rotatable bonds is 5. The lowest BCUT2D eigenvalue weighted by Crippen LogP contribution is -2.38. The van der Waals surface area contributed by atoms with Crippen molar-refractivity contribution in [2.24, 2.45) is 0 Å². The van der Waals surface area contributed by atoms with Gasteiger partial charge in [-0.3, -0.25) is 4.79 Å². The van der Waals surface area contributed by atoms with Crippen LogP contribution < -0.4 is 16.0 Å². The second kappa shape index (κ2) is 9.86. The van der Waals surface area contributed by atoms with E-state index in [2.05, 4.69) is 26.3 Å². The van der Waals surface area contributed by atoms with E-state index in [9.17, 15) is 9.59 Å². The molecule has 0 radical (unpaired) electrons. The molecule has 1 aliphatic heterocycles. The molecule has 0 unspecified atom stereocenters. The number of amides is 3. The van der Waals surface area contributed by atoms with Crippen molar-refractivity contribution in [2.45, 2.75) is 25.0 Å². The normalized spacial score (nSPS) is 17.7. The summed E-state index contributed by atoms with van der Waals surface area (Å²) in [4.78, 5) is 25.5. The summed E-state index contributed by atoms with van der Waals surface area (Å²) in [7, 11) is 3.28. The number of carbonyl (C=O) groups is 2. The van der Waals surface area contributed by atoms with Gasteiger partial charge in [0.15, 0.2) is 0 Å². The minimum atomic E-state index is -0.290. The molecule has 3 N–H and O–H groups in total. The first-order valence-electron chi connectivity index (χ1n) is 8.88. The Bertz CT molecular complexity index is 892. The van der Waals surface area contributed by atoms with Gasteiger partial charge in [0, 0.05) is 26.3 Å². The maximum absolute atomic E-state index is 12.3. The third-order valence-electron chi connectivity index (χ3n) is 4.61. The van der Waals surface area contributed by atoms with Gasteiger partial charge in [-0.1, -0.05) is 5.21 Å². The zero-order valence-electron chi connectivity index (χ0n) is 16.1. The molecule has 2 atom stereocenters. The average Bonchev–Trinajstić information content (AvgIpc) is 3.37. The van der Waals surface area contributed by atoms with Crippen molar-refractivity contribution in [1.29, 1.82) is 5.26 Å². The van der Waals surface area contributed by atoms with Crippen LogP contribution in [0.3, 0.4) is 0 Å². The van der Waals surface area contributed by atoms with E-state index in [-0.39, 0.29) is 36.4 Å². The number of hydrogen-bond acceptors (Lipinski definition) is 6. The molecular formula is C18H23ClN8O2. The first-order chi connectivity index (χ1) is 13.5. The summed E-state index contributed by atoms with van der Waals surface area (Å²) in [6.45, 7) is 0.928. The van der Waals surface area contributed by atoms with Crippen LogP contribution in [-0.4, -0.2) is 58.5 Å². The van der Waals surface area contributed by atoms with Gasteiger partial charge in [-0.05, 0) is 30.7 Å². The van der Waals surface area contributed by atoms with E-state index in [0.717, 1.165) is 0 Å². The fraction of sp³-hybridized carbons (Fsp3) is 0.389. The van der Waals surface area contributed by atoms with Crippen LogP contribution in [0.4, 0.5) is 10.5 Å². The number of aromatic nitrogens is 3. The number of nitriles is 1. The summed E-state index contributed by atoms with van der Waals surface area (Å²) < 4.78 is 1.73. The Balaban J connectivity index is 0.00000300. The van der Waals surface area contributed by atoms with E-state index >= 15 is 0 Å². The number of benzene rings is 1. The number of urea groups is 1. The minimum Gasteiger partial charge on any atom is -0.358 e. The number of nitrogens with zero attached hydrogens (tertiary/aromatic N) is 5. The highest BCUT2D eigenvalue weighted by atomic mass is 35.5. The van der Waals surface area contributed by atoms with Crippen LogP contribution in [0.5, 0.6) is 0 Å². The lowest BCUT2D eigenvalue weighted by molar-refractivity contribution is -0.122. The lowest BCUT2D eigenvalue weighted by Gasteiger charge is -2.16. The van der Waals surface area contributed by atoms with Gasteiger partial charge in [0.05, 0.1) is 36.5 Å². The Morgan fingerprint density at radius 3 is 2.76 bits per heavy atom. The van der Waals surface area contributed by atoms with E-state index in [1.807, 2.05) is 6.07 Å². The number of likely N-dealkylation sites (N-methyl/N-ethyl adjacent to an activating group) is 1. The van der Waals surface area contributed by atoms with E-state index in [1.54, 1.807) is 49.2 Å². The van der Waals surface area contributed by atoms with Crippen molar-refractivity contribution in [3.8, 4) is 6.07 Å². The van der Waals surface area contributed by atoms with Gasteiger partial charge in [0.2, 0.25) is 5.91 Å². The highest BCUT2D eigenvalue weighted by Crippen LogP contribution is 2.19. The molecule has 1 saturated heterocycles. The molecule has 1 aromatic carbocycles. The van der Waals surface area contributed by atoms with Crippen molar-refractivity contribution in [3.63, 3.8) is 0 Å². The number of hydrogen-bond donors (Lipinski definition) is 3. The Morgan fingerprint density at radius 2 is 2.10 bits per heavy atom. The standard InChI is InChI=1S/C18H22N8O2.ClH/c1-20-17(27)16-7-15(9-21-16)26-11-14(23-24-26)10-25(2)18(28)22-13-5-3-12(8-19)4-6-13;/h3-6,11,15-16,21H,7,9-10H2,1-2H3,(H,20,27)(H,22,28);1H/t15-,16-;/m0./s1. The number of nitrogens with one attached hydrogen (secondary N) is 3. The highest BCUT2D eigenvalue weighted by Gasteiger charge is 2.30. The maximum Gasteiger partial charge on any atom is 0.321 e. The van der Waals surface area contributed by atoms with E-state index < -0.39 is 0 Å².